The Morgan fingerprint density at radius 3 is 3.19 bits per heavy atom. The number of hydrogen-bond acceptors (Lipinski definition) is 4. The molecule has 1 aliphatic rings. The Balaban J connectivity index is 1.83. The molecule has 3 rings (SSSR count). The first-order chi connectivity index (χ1) is 7.86. The number of rotatable bonds is 2. The zero-order valence-electron chi connectivity index (χ0n) is 8.65. The van der Waals surface area contributed by atoms with E-state index < -0.39 is 0 Å². The second-order valence-corrected chi connectivity index (χ2v) is 5.90. The van der Waals surface area contributed by atoms with Gasteiger partial charge in [0.1, 0.15) is 0 Å². The zero-order valence-corrected chi connectivity index (χ0v) is 11.0. The molecule has 3 heterocycles. The average Bonchev–Trinajstić information content (AvgIpc) is 2.96. The number of halogens is 1. The molecule has 0 N–H and O–H groups in total. The zero-order chi connectivity index (χ0) is 11.0. The van der Waals surface area contributed by atoms with Crippen molar-refractivity contribution in [3.05, 3.63) is 33.0 Å². The molecule has 2 aromatic rings. The molecule has 0 saturated heterocycles. The summed E-state index contributed by atoms with van der Waals surface area (Å²) in [5.74, 6) is 0.508. The number of thiophene rings is 1. The molecule has 2 nitrogen and oxygen atoms in total. The second-order valence-electron chi connectivity index (χ2n) is 3.80. The van der Waals surface area contributed by atoms with Gasteiger partial charge in [-0.1, -0.05) is 0 Å². The molecule has 1 aliphatic heterocycles. The summed E-state index contributed by atoms with van der Waals surface area (Å²) in [5, 5.41) is 5.33. The van der Waals surface area contributed by atoms with Crippen LogP contribution in [0.3, 0.4) is 0 Å². The van der Waals surface area contributed by atoms with Crippen LogP contribution in [0.4, 0.5) is 5.13 Å². The quantitative estimate of drug-likeness (QED) is 0.777. The topological polar surface area (TPSA) is 16.1 Å². The molecule has 0 atom stereocenters. The lowest BCUT2D eigenvalue weighted by atomic mass is 10.1. The maximum atomic E-state index is 5.77. The minimum atomic E-state index is 0.508. The normalized spacial score (nSPS) is 15.2. The molecule has 16 heavy (non-hydrogen) atoms. The van der Waals surface area contributed by atoms with Crippen molar-refractivity contribution in [2.24, 2.45) is 0 Å². The van der Waals surface area contributed by atoms with Crippen molar-refractivity contribution in [3.63, 3.8) is 0 Å². The summed E-state index contributed by atoms with van der Waals surface area (Å²) in [7, 11) is 0. The maximum Gasteiger partial charge on any atom is 0.185 e. The number of alkyl halides is 1. The van der Waals surface area contributed by atoms with Crippen LogP contribution in [0, 0.1) is 0 Å². The van der Waals surface area contributed by atoms with Gasteiger partial charge in [0.05, 0.1) is 11.6 Å². The molecule has 0 amide bonds. The number of nitrogens with zero attached hydrogens (tertiary/aromatic N) is 2. The smallest absolute Gasteiger partial charge is 0.185 e. The summed E-state index contributed by atoms with van der Waals surface area (Å²) in [5.41, 5.74) is 2.44. The SMILES string of the molecule is ClCc1csc(N2CCc3sccc3C2)n1. The fourth-order valence-electron chi connectivity index (χ4n) is 1.91. The predicted molar refractivity (Wildman–Crippen MR) is 70.7 cm³/mol. The fraction of sp³-hybridized carbons (Fsp3) is 0.364. The molecule has 0 aliphatic carbocycles. The van der Waals surface area contributed by atoms with Crippen LogP contribution in [0.5, 0.6) is 0 Å². The first kappa shape index (κ1) is 10.6. The number of hydrogen-bond donors (Lipinski definition) is 0. The number of fused-ring (bicyclic) bond motifs is 1. The molecule has 0 spiro atoms. The van der Waals surface area contributed by atoms with Gasteiger partial charge in [0, 0.05) is 23.3 Å². The van der Waals surface area contributed by atoms with E-state index in [9.17, 15) is 0 Å². The Hall–Kier alpha value is -0.580. The van der Waals surface area contributed by atoms with Crippen LogP contribution in [0.15, 0.2) is 16.8 Å². The van der Waals surface area contributed by atoms with E-state index in [1.165, 1.54) is 10.4 Å². The van der Waals surface area contributed by atoms with Crippen molar-refractivity contribution in [1.29, 1.82) is 0 Å². The lowest BCUT2D eigenvalue weighted by Gasteiger charge is -2.26. The van der Waals surface area contributed by atoms with Gasteiger partial charge >= 0.3 is 0 Å². The van der Waals surface area contributed by atoms with Gasteiger partial charge in [-0.15, -0.1) is 34.3 Å². The summed E-state index contributed by atoms with van der Waals surface area (Å²) < 4.78 is 0. The van der Waals surface area contributed by atoms with Crippen LogP contribution in [0.1, 0.15) is 16.1 Å². The van der Waals surface area contributed by atoms with Gasteiger partial charge in [0.15, 0.2) is 5.13 Å². The van der Waals surface area contributed by atoms with Crippen molar-refractivity contribution in [1.82, 2.24) is 4.98 Å². The lowest BCUT2D eigenvalue weighted by Crippen LogP contribution is -2.29. The van der Waals surface area contributed by atoms with E-state index in [1.807, 2.05) is 16.7 Å². The van der Waals surface area contributed by atoms with E-state index in [4.69, 9.17) is 11.6 Å². The summed E-state index contributed by atoms with van der Waals surface area (Å²) in [6.45, 7) is 2.07. The third-order valence-corrected chi connectivity index (χ3v) is 5.00. The van der Waals surface area contributed by atoms with Crippen LogP contribution >= 0.6 is 34.3 Å². The Morgan fingerprint density at radius 1 is 1.44 bits per heavy atom. The molecular formula is C11H11ClN2S2. The first-order valence-electron chi connectivity index (χ1n) is 5.17. The van der Waals surface area contributed by atoms with Crippen LogP contribution in [-0.2, 0) is 18.8 Å². The number of thiazole rings is 1. The van der Waals surface area contributed by atoms with E-state index >= 15 is 0 Å². The Bertz CT molecular complexity index is 492. The van der Waals surface area contributed by atoms with E-state index in [-0.39, 0.29) is 0 Å². The highest BCUT2D eigenvalue weighted by Crippen LogP contribution is 2.29. The largest absolute Gasteiger partial charge is 0.343 e. The third kappa shape index (κ3) is 1.85. The minimum Gasteiger partial charge on any atom is -0.343 e. The van der Waals surface area contributed by atoms with Gasteiger partial charge in [-0.2, -0.15) is 0 Å². The highest BCUT2D eigenvalue weighted by atomic mass is 35.5. The Kier molecular flexibility index (Phi) is 2.88. The molecule has 0 unspecified atom stereocenters. The number of anilines is 1. The summed E-state index contributed by atoms with van der Waals surface area (Å²) in [4.78, 5) is 8.40. The van der Waals surface area contributed by atoms with Crippen molar-refractivity contribution < 1.29 is 0 Å². The monoisotopic (exact) mass is 270 g/mol. The van der Waals surface area contributed by atoms with Crippen LogP contribution in [0.25, 0.3) is 0 Å². The van der Waals surface area contributed by atoms with Crippen LogP contribution in [0.2, 0.25) is 0 Å². The van der Waals surface area contributed by atoms with E-state index in [2.05, 4.69) is 21.3 Å². The van der Waals surface area contributed by atoms with E-state index in [0.717, 1.165) is 30.3 Å². The Morgan fingerprint density at radius 2 is 2.38 bits per heavy atom. The highest BCUT2D eigenvalue weighted by Gasteiger charge is 2.19. The predicted octanol–water partition coefficient (Wildman–Crippen LogP) is 3.51. The molecule has 0 saturated carbocycles. The number of aromatic nitrogens is 1. The summed E-state index contributed by atoms with van der Waals surface area (Å²) in [6, 6.07) is 2.22. The van der Waals surface area contributed by atoms with Gasteiger partial charge in [0.25, 0.3) is 0 Å². The summed E-state index contributed by atoms with van der Waals surface area (Å²) in [6.07, 6.45) is 1.14. The lowest BCUT2D eigenvalue weighted by molar-refractivity contribution is 0.739. The molecule has 2 aromatic heterocycles. The fourth-order valence-corrected chi connectivity index (χ4v) is 3.89. The first-order valence-corrected chi connectivity index (χ1v) is 7.47. The highest BCUT2D eigenvalue weighted by molar-refractivity contribution is 7.13. The third-order valence-electron chi connectivity index (χ3n) is 2.75. The molecule has 0 radical (unpaired) electrons. The molecule has 0 fully saturated rings. The van der Waals surface area contributed by atoms with Gasteiger partial charge in [-0.3, -0.25) is 0 Å². The van der Waals surface area contributed by atoms with Gasteiger partial charge in [0.2, 0.25) is 0 Å². The van der Waals surface area contributed by atoms with Gasteiger partial charge in [-0.05, 0) is 23.4 Å². The van der Waals surface area contributed by atoms with Crippen molar-refractivity contribution in [3.8, 4) is 0 Å². The van der Waals surface area contributed by atoms with Crippen LogP contribution < -0.4 is 4.90 Å². The Labute approximate surface area is 108 Å². The second kappa shape index (κ2) is 4.35. The molecule has 0 bridgehead atoms. The average molecular weight is 271 g/mol. The maximum absolute atomic E-state index is 5.77. The van der Waals surface area contributed by atoms with Gasteiger partial charge < -0.3 is 4.90 Å². The molecule has 5 heteroatoms. The van der Waals surface area contributed by atoms with Crippen LogP contribution in [-0.4, -0.2) is 11.5 Å². The van der Waals surface area contributed by atoms with Crippen molar-refractivity contribution in [2.45, 2.75) is 18.8 Å². The molecule has 0 aromatic carbocycles. The van der Waals surface area contributed by atoms with E-state index in [0.29, 0.717) is 5.88 Å². The molecule has 84 valence electrons. The van der Waals surface area contributed by atoms with Crippen molar-refractivity contribution >= 4 is 39.4 Å². The van der Waals surface area contributed by atoms with Gasteiger partial charge in [-0.25, -0.2) is 4.98 Å². The summed E-state index contributed by atoms with van der Waals surface area (Å²) >= 11 is 9.33. The molecular weight excluding hydrogens is 260 g/mol. The minimum absolute atomic E-state index is 0.508. The van der Waals surface area contributed by atoms with E-state index in [1.54, 1.807) is 11.3 Å². The standard InChI is InChI=1S/C11H11ClN2S2/c12-5-9-7-16-11(13-9)14-3-1-10-8(6-14)2-4-15-10/h2,4,7H,1,3,5-6H2. The van der Waals surface area contributed by atoms with Crippen molar-refractivity contribution in [2.75, 3.05) is 11.4 Å².